The standard InChI is InChI=1S/C12H16N2O/c1-8-4-2-3-5-10(8)11-6-9(13)7-12(15)14-11/h2-5,9,11H,6-7,13H2,1H3,(H,14,15). The zero-order chi connectivity index (χ0) is 10.8. The van der Waals surface area contributed by atoms with Crippen LogP contribution in [-0.4, -0.2) is 11.9 Å². The molecule has 0 saturated carbocycles. The summed E-state index contributed by atoms with van der Waals surface area (Å²) in [4.78, 5) is 11.4. The number of benzene rings is 1. The van der Waals surface area contributed by atoms with Crippen LogP contribution in [0.5, 0.6) is 0 Å². The number of rotatable bonds is 1. The van der Waals surface area contributed by atoms with Gasteiger partial charge in [0.15, 0.2) is 0 Å². The van der Waals surface area contributed by atoms with Crippen LogP contribution in [0.15, 0.2) is 24.3 Å². The van der Waals surface area contributed by atoms with Gasteiger partial charge in [0.2, 0.25) is 5.91 Å². The van der Waals surface area contributed by atoms with Crippen LogP contribution in [-0.2, 0) is 4.79 Å². The smallest absolute Gasteiger partial charge is 0.222 e. The molecule has 1 aromatic rings. The Morgan fingerprint density at radius 1 is 1.40 bits per heavy atom. The highest BCUT2D eigenvalue weighted by Gasteiger charge is 2.25. The number of hydrogen-bond acceptors (Lipinski definition) is 2. The molecule has 1 heterocycles. The van der Waals surface area contributed by atoms with Gasteiger partial charge >= 0.3 is 0 Å². The van der Waals surface area contributed by atoms with Gasteiger partial charge in [-0.1, -0.05) is 24.3 Å². The maximum atomic E-state index is 11.4. The predicted octanol–water partition coefficient (Wildman–Crippen LogP) is 1.27. The molecule has 0 spiro atoms. The largest absolute Gasteiger partial charge is 0.349 e. The molecule has 1 fully saturated rings. The highest BCUT2D eigenvalue weighted by molar-refractivity contribution is 5.78. The fourth-order valence-corrected chi connectivity index (χ4v) is 2.12. The number of carbonyl (C=O) groups excluding carboxylic acids is 1. The van der Waals surface area contributed by atoms with Crippen LogP contribution >= 0.6 is 0 Å². The van der Waals surface area contributed by atoms with Gasteiger partial charge in [0.1, 0.15) is 0 Å². The molecule has 2 unspecified atom stereocenters. The van der Waals surface area contributed by atoms with E-state index in [4.69, 9.17) is 5.73 Å². The van der Waals surface area contributed by atoms with E-state index in [-0.39, 0.29) is 18.0 Å². The molecule has 0 aromatic heterocycles. The Balaban J connectivity index is 2.23. The van der Waals surface area contributed by atoms with Crippen LogP contribution in [0, 0.1) is 6.92 Å². The summed E-state index contributed by atoms with van der Waals surface area (Å²) < 4.78 is 0. The molecule has 0 radical (unpaired) electrons. The average molecular weight is 204 g/mol. The first kappa shape index (κ1) is 10.2. The summed E-state index contributed by atoms with van der Waals surface area (Å²) in [6.07, 6.45) is 1.28. The second kappa shape index (κ2) is 4.03. The normalized spacial score (nSPS) is 26.1. The Morgan fingerprint density at radius 2 is 2.13 bits per heavy atom. The van der Waals surface area contributed by atoms with Crippen LogP contribution in [0.25, 0.3) is 0 Å². The van der Waals surface area contributed by atoms with Gasteiger partial charge in [0, 0.05) is 12.5 Å². The highest BCUT2D eigenvalue weighted by atomic mass is 16.1. The molecule has 2 atom stereocenters. The number of aryl methyl sites for hydroxylation is 1. The topological polar surface area (TPSA) is 55.1 Å². The monoisotopic (exact) mass is 204 g/mol. The third-order valence-corrected chi connectivity index (χ3v) is 2.89. The van der Waals surface area contributed by atoms with E-state index in [9.17, 15) is 4.79 Å². The average Bonchev–Trinajstić information content (AvgIpc) is 2.16. The van der Waals surface area contributed by atoms with Crippen LogP contribution < -0.4 is 11.1 Å². The summed E-state index contributed by atoms with van der Waals surface area (Å²) in [5.41, 5.74) is 8.23. The summed E-state index contributed by atoms with van der Waals surface area (Å²) in [7, 11) is 0. The van der Waals surface area contributed by atoms with Crippen molar-refractivity contribution in [2.45, 2.75) is 31.8 Å². The molecule has 1 saturated heterocycles. The Hall–Kier alpha value is -1.35. The Kier molecular flexibility index (Phi) is 2.73. The number of piperidine rings is 1. The summed E-state index contributed by atoms with van der Waals surface area (Å²) in [5.74, 6) is 0.0574. The molecule has 1 aliphatic rings. The van der Waals surface area contributed by atoms with E-state index in [0.29, 0.717) is 6.42 Å². The van der Waals surface area contributed by atoms with Gasteiger partial charge in [-0.2, -0.15) is 0 Å². The molecule has 15 heavy (non-hydrogen) atoms. The number of nitrogens with one attached hydrogen (secondary N) is 1. The quantitative estimate of drug-likeness (QED) is 0.724. The SMILES string of the molecule is Cc1ccccc1C1CC(N)CC(=O)N1. The van der Waals surface area contributed by atoms with Crippen LogP contribution in [0.3, 0.4) is 0 Å². The van der Waals surface area contributed by atoms with Gasteiger partial charge in [-0.3, -0.25) is 4.79 Å². The van der Waals surface area contributed by atoms with Crippen molar-refractivity contribution in [1.82, 2.24) is 5.32 Å². The number of carbonyl (C=O) groups is 1. The van der Waals surface area contributed by atoms with Crippen molar-refractivity contribution in [3.8, 4) is 0 Å². The lowest BCUT2D eigenvalue weighted by Gasteiger charge is -2.28. The number of nitrogens with two attached hydrogens (primary N) is 1. The van der Waals surface area contributed by atoms with E-state index in [1.54, 1.807) is 0 Å². The summed E-state index contributed by atoms with van der Waals surface area (Å²) in [6.45, 7) is 2.06. The molecule has 3 nitrogen and oxygen atoms in total. The van der Waals surface area contributed by atoms with Crippen molar-refractivity contribution in [1.29, 1.82) is 0 Å². The second-order valence-corrected chi connectivity index (χ2v) is 4.18. The Bertz CT molecular complexity index is 376. The van der Waals surface area contributed by atoms with Crippen LogP contribution in [0.4, 0.5) is 0 Å². The lowest BCUT2D eigenvalue weighted by Crippen LogP contribution is -2.42. The third kappa shape index (κ3) is 2.18. The molecule has 1 aromatic carbocycles. The van der Waals surface area contributed by atoms with Crippen molar-refractivity contribution < 1.29 is 4.79 Å². The highest BCUT2D eigenvalue weighted by Crippen LogP contribution is 2.25. The maximum absolute atomic E-state index is 11.4. The van der Waals surface area contributed by atoms with Crippen molar-refractivity contribution in [2.75, 3.05) is 0 Å². The zero-order valence-corrected chi connectivity index (χ0v) is 8.86. The van der Waals surface area contributed by atoms with E-state index >= 15 is 0 Å². The molecular formula is C12H16N2O. The molecule has 80 valence electrons. The second-order valence-electron chi connectivity index (χ2n) is 4.18. The first-order chi connectivity index (χ1) is 7.16. The van der Waals surface area contributed by atoms with E-state index < -0.39 is 0 Å². The molecule has 1 aliphatic heterocycles. The Labute approximate surface area is 89.7 Å². The van der Waals surface area contributed by atoms with Gasteiger partial charge in [-0.15, -0.1) is 0 Å². The number of hydrogen-bond donors (Lipinski definition) is 2. The summed E-state index contributed by atoms with van der Waals surface area (Å²) >= 11 is 0. The first-order valence-electron chi connectivity index (χ1n) is 5.27. The lowest BCUT2D eigenvalue weighted by molar-refractivity contribution is -0.123. The Morgan fingerprint density at radius 3 is 2.80 bits per heavy atom. The molecular weight excluding hydrogens is 188 g/mol. The fourth-order valence-electron chi connectivity index (χ4n) is 2.12. The van der Waals surface area contributed by atoms with Gasteiger partial charge in [-0.05, 0) is 24.5 Å². The molecule has 3 heteroatoms. The first-order valence-corrected chi connectivity index (χ1v) is 5.27. The zero-order valence-electron chi connectivity index (χ0n) is 8.86. The van der Waals surface area contributed by atoms with Gasteiger partial charge < -0.3 is 11.1 Å². The minimum Gasteiger partial charge on any atom is -0.349 e. The molecule has 0 bridgehead atoms. The van der Waals surface area contributed by atoms with Gasteiger partial charge in [-0.25, -0.2) is 0 Å². The van der Waals surface area contributed by atoms with E-state index in [2.05, 4.69) is 24.4 Å². The lowest BCUT2D eigenvalue weighted by atomic mass is 9.91. The van der Waals surface area contributed by atoms with Gasteiger partial charge in [0.25, 0.3) is 0 Å². The van der Waals surface area contributed by atoms with Crippen LogP contribution in [0.1, 0.15) is 30.0 Å². The molecule has 0 aliphatic carbocycles. The predicted molar refractivity (Wildman–Crippen MR) is 59.3 cm³/mol. The van der Waals surface area contributed by atoms with Gasteiger partial charge in [0.05, 0.1) is 6.04 Å². The minimum atomic E-state index is -0.0108. The van der Waals surface area contributed by atoms with E-state index in [1.807, 2.05) is 12.1 Å². The maximum Gasteiger partial charge on any atom is 0.222 e. The van der Waals surface area contributed by atoms with Crippen LogP contribution in [0.2, 0.25) is 0 Å². The minimum absolute atomic E-state index is 0.0108. The van der Waals surface area contributed by atoms with E-state index in [0.717, 1.165) is 6.42 Å². The summed E-state index contributed by atoms with van der Waals surface area (Å²) in [6, 6.07) is 8.18. The third-order valence-electron chi connectivity index (χ3n) is 2.89. The van der Waals surface area contributed by atoms with Crippen molar-refractivity contribution in [3.05, 3.63) is 35.4 Å². The van der Waals surface area contributed by atoms with Crippen molar-refractivity contribution >= 4 is 5.91 Å². The van der Waals surface area contributed by atoms with E-state index in [1.165, 1.54) is 11.1 Å². The summed E-state index contributed by atoms with van der Waals surface area (Å²) in [5, 5.41) is 2.98. The van der Waals surface area contributed by atoms with Crippen molar-refractivity contribution in [2.24, 2.45) is 5.73 Å². The molecule has 1 amide bonds. The fraction of sp³-hybridized carbons (Fsp3) is 0.417. The molecule has 3 N–H and O–H groups in total. The van der Waals surface area contributed by atoms with Crippen molar-refractivity contribution in [3.63, 3.8) is 0 Å². The number of amides is 1. The molecule has 2 rings (SSSR count).